The Morgan fingerprint density at radius 3 is 2.55 bits per heavy atom. The summed E-state index contributed by atoms with van der Waals surface area (Å²) in [5.74, 6) is 3.35. The van der Waals surface area contributed by atoms with Gasteiger partial charge in [0.05, 0.1) is 26.0 Å². The van der Waals surface area contributed by atoms with Crippen LogP contribution in [0, 0.1) is 52.3 Å². The van der Waals surface area contributed by atoms with Gasteiger partial charge in [-0.05, 0) is 86.4 Å². The van der Waals surface area contributed by atoms with E-state index in [-0.39, 0.29) is 46.9 Å². The van der Waals surface area contributed by atoms with Crippen LogP contribution >= 0.6 is 0 Å². The monoisotopic (exact) mass is 612 g/mol. The number of ketones is 1. The Kier molecular flexibility index (Phi) is 8.19. The molecule has 246 valence electrons. The largest absolute Gasteiger partial charge is 0.379 e. The third-order valence-corrected chi connectivity index (χ3v) is 14.3. The molecule has 9 heteroatoms. The van der Waals surface area contributed by atoms with Crippen molar-refractivity contribution in [2.45, 2.75) is 110 Å². The van der Waals surface area contributed by atoms with Gasteiger partial charge in [-0.1, -0.05) is 27.7 Å². The maximum absolute atomic E-state index is 14.4. The van der Waals surface area contributed by atoms with Gasteiger partial charge in [0.15, 0.2) is 0 Å². The lowest BCUT2D eigenvalue weighted by Crippen LogP contribution is -2.60. The van der Waals surface area contributed by atoms with Crippen molar-refractivity contribution < 1.29 is 23.9 Å². The van der Waals surface area contributed by atoms with Gasteiger partial charge in [0, 0.05) is 49.3 Å². The van der Waals surface area contributed by atoms with Crippen LogP contribution in [-0.4, -0.2) is 79.9 Å². The molecule has 0 unspecified atom stereocenters. The van der Waals surface area contributed by atoms with Gasteiger partial charge in [0.2, 0.25) is 11.8 Å². The van der Waals surface area contributed by atoms with E-state index in [0.29, 0.717) is 73.5 Å². The zero-order chi connectivity index (χ0) is 30.9. The Bertz CT molecular complexity index is 1130. The Morgan fingerprint density at radius 1 is 1.00 bits per heavy atom. The number of ether oxygens (including phenoxy) is 2. The number of piperidine rings is 1. The lowest BCUT2D eigenvalue weighted by atomic mass is 9.44. The molecular weight excluding hydrogens is 556 g/mol. The molecule has 9 nitrogen and oxygen atoms in total. The number of Topliss-reactive ketones (excluding diaryl/α,β-unsaturated/α-hetero) is 1. The van der Waals surface area contributed by atoms with Crippen LogP contribution in [0.5, 0.6) is 0 Å². The second kappa shape index (κ2) is 11.6. The molecule has 7 rings (SSSR count). The molecule has 4 saturated carbocycles. The molecule has 3 aliphatic heterocycles. The van der Waals surface area contributed by atoms with E-state index in [1.807, 2.05) is 0 Å². The number of fused-ring (bicyclic) bond motifs is 7. The van der Waals surface area contributed by atoms with Crippen molar-refractivity contribution in [2.75, 3.05) is 39.5 Å². The van der Waals surface area contributed by atoms with Gasteiger partial charge in [-0.25, -0.2) is 0 Å². The van der Waals surface area contributed by atoms with E-state index in [0.717, 1.165) is 51.7 Å². The number of carbonyl (C=O) groups is 3. The van der Waals surface area contributed by atoms with E-state index >= 15 is 0 Å². The number of rotatable bonds is 5. The van der Waals surface area contributed by atoms with Gasteiger partial charge >= 0.3 is 0 Å². The standard InChI is InChI=1S/C35H56N4O5/c1-21-7-10-35(37-19-21)22(2)32-28(44-35)16-27-25-6-5-23-15-24(8-9-33(23,3)26(25)17-29(40)34(27,32)4)38-31(42)18-30(41)36-20-39-11-13-43-14-12-39/h21-28,32,37H,5-20H2,1-4H3,(H,36,41)(H,38,42)/t21-,22+,23+,24-,25-,26+,27+,28+,32+,33+,34-,35-/m1/s1. The number of morpholine rings is 1. The molecule has 44 heavy (non-hydrogen) atoms. The first kappa shape index (κ1) is 31.1. The summed E-state index contributed by atoms with van der Waals surface area (Å²) >= 11 is 0. The fourth-order valence-corrected chi connectivity index (χ4v) is 11.7. The second-order valence-corrected chi connectivity index (χ2v) is 16.4. The Morgan fingerprint density at radius 2 is 1.80 bits per heavy atom. The number of carbonyl (C=O) groups excluding carboxylic acids is 3. The van der Waals surface area contributed by atoms with Crippen LogP contribution in [0.4, 0.5) is 0 Å². The summed E-state index contributed by atoms with van der Waals surface area (Å²) in [6.07, 6.45) is 9.31. The number of hydrogen-bond donors (Lipinski definition) is 3. The minimum Gasteiger partial charge on any atom is -0.379 e. The highest BCUT2D eigenvalue weighted by atomic mass is 16.5. The summed E-state index contributed by atoms with van der Waals surface area (Å²) in [5, 5.41) is 9.90. The minimum atomic E-state index is -0.282. The van der Waals surface area contributed by atoms with Crippen molar-refractivity contribution in [2.24, 2.45) is 52.3 Å². The molecule has 0 aromatic carbocycles. The molecule has 1 spiro atoms. The molecular formula is C35H56N4O5. The van der Waals surface area contributed by atoms with E-state index in [2.05, 4.69) is 48.5 Å². The summed E-state index contributed by atoms with van der Waals surface area (Å²) in [5.41, 5.74) is -0.401. The molecule has 3 N–H and O–H groups in total. The first-order valence-corrected chi connectivity index (χ1v) is 17.9. The second-order valence-electron chi connectivity index (χ2n) is 16.4. The van der Waals surface area contributed by atoms with Crippen LogP contribution in [0.25, 0.3) is 0 Å². The van der Waals surface area contributed by atoms with Gasteiger partial charge in [-0.2, -0.15) is 0 Å². The highest BCUT2D eigenvalue weighted by Crippen LogP contribution is 2.70. The zero-order valence-corrected chi connectivity index (χ0v) is 27.5. The van der Waals surface area contributed by atoms with Gasteiger partial charge in [-0.3, -0.25) is 24.6 Å². The van der Waals surface area contributed by atoms with Gasteiger partial charge in [0.1, 0.15) is 17.9 Å². The summed E-state index contributed by atoms with van der Waals surface area (Å²) < 4.78 is 12.3. The fourth-order valence-electron chi connectivity index (χ4n) is 11.7. The van der Waals surface area contributed by atoms with Crippen molar-refractivity contribution in [3.05, 3.63) is 0 Å². The lowest BCUT2D eigenvalue weighted by Gasteiger charge is -2.60. The average Bonchev–Trinajstić information content (AvgIpc) is 3.45. The van der Waals surface area contributed by atoms with E-state index in [9.17, 15) is 14.4 Å². The van der Waals surface area contributed by atoms with Crippen molar-refractivity contribution >= 4 is 17.6 Å². The number of nitrogens with zero attached hydrogens (tertiary/aromatic N) is 1. The van der Waals surface area contributed by atoms with Gasteiger partial charge in [-0.15, -0.1) is 0 Å². The van der Waals surface area contributed by atoms with Crippen LogP contribution in [0.15, 0.2) is 0 Å². The Hall–Kier alpha value is -1.55. The molecule has 0 radical (unpaired) electrons. The van der Waals surface area contributed by atoms with E-state index in [4.69, 9.17) is 9.47 Å². The Balaban J connectivity index is 0.965. The predicted molar refractivity (Wildman–Crippen MR) is 166 cm³/mol. The first-order valence-electron chi connectivity index (χ1n) is 17.9. The number of amides is 2. The Labute approximate surface area is 263 Å². The molecule has 3 saturated heterocycles. The van der Waals surface area contributed by atoms with Crippen molar-refractivity contribution in [3.8, 4) is 0 Å². The van der Waals surface area contributed by atoms with E-state index in [1.54, 1.807) is 0 Å². The zero-order valence-electron chi connectivity index (χ0n) is 27.5. The van der Waals surface area contributed by atoms with Gasteiger partial charge < -0.3 is 20.1 Å². The van der Waals surface area contributed by atoms with Crippen molar-refractivity contribution in [3.63, 3.8) is 0 Å². The maximum Gasteiger partial charge on any atom is 0.230 e. The summed E-state index contributed by atoms with van der Waals surface area (Å²) in [6, 6.07) is 0.107. The molecule has 0 aromatic heterocycles. The highest BCUT2D eigenvalue weighted by molar-refractivity contribution is 5.97. The van der Waals surface area contributed by atoms with Gasteiger partial charge in [0.25, 0.3) is 0 Å². The number of hydrogen-bond acceptors (Lipinski definition) is 7. The molecule has 4 aliphatic carbocycles. The average molecular weight is 613 g/mol. The first-order chi connectivity index (χ1) is 21.0. The SMILES string of the molecule is C[C@@H]1CC[C@@]2(NC1)O[C@H]1C[C@H]3[C@@H]4CC[C@H]5C[C@H](NC(=O)CC(=O)NCN6CCOCC6)CC[C@]5(C)[C@H]4CC(=O)[C@]3(C)[C@H]1[C@@H]2C. The van der Waals surface area contributed by atoms with Crippen LogP contribution in [0.1, 0.15) is 91.9 Å². The van der Waals surface area contributed by atoms with E-state index in [1.165, 1.54) is 19.3 Å². The summed E-state index contributed by atoms with van der Waals surface area (Å²) in [4.78, 5) is 41.8. The quantitative estimate of drug-likeness (QED) is 0.408. The third kappa shape index (κ3) is 5.07. The normalized spacial score (nSPS) is 48.6. The number of nitrogens with one attached hydrogen (secondary N) is 3. The topological polar surface area (TPSA) is 109 Å². The van der Waals surface area contributed by atoms with E-state index < -0.39 is 0 Å². The smallest absolute Gasteiger partial charge is 0.230 e. The lowest BCUT2D eigenvalue weighted by molar-refractivity contribution is -0.160. The molecule has 0 bridgehead atoms. The summed E-state index contributed by atoms with van der Waals surface area (Å²) in [6.45, 7) is 13.9. The van der Waals surface area contributed by atoms with Crippen molar-refractivity contribution in [1.82, 2.24) is 20.9 Å². The van der Waals surface area contributed by atoms with Crippen LogP contribution in [-0.2, 0) is 23.9 Å². The van der Waals surface area contributed by atoms with Crippen LogP contribution in [0.2, 0.25) is 0 Å². The van der Waals surface area contributed by atoms with Crippen molar-refractivity contribution in [1.29, 1.82) is 0 Å². The summed E-state index contributed by atoms with van der Waals surface area (Å²) in [7, 11) is 0. The molecule has 7 fully saturated rings. The van der Waals surface area contributed by atoms with Crippen LogP contribution < -0.4 is 16.0 Å². The maximum atomic E-state index is 14.4. The molecule has 7 aliphatic rings. The third-order valence-electron chi connectivity index (χ3n) is 14.3. The van der Waals surface area contributed by atoms with Crippen LogP contribution in [0.3, 0.4) is 0 Å². The molecule has 12 atom stereocenters. The minimum absolute atomic E-state index is 0.107. The molecule has 3 heterocycles. The molecule has 2 amide bonds. The highest BCUT2D eigenvalue weighted by Gasteiger charge is 2.71. The molecule has 0 aromatic rings. The predicted octanol–water partition coefficient (Wildman–Crippen LogP) is 3.47. The fraction of sp³-hybridized carbons (Fsp3) is 0.914.